The third-order valence-corrected chi connectivity index (χ3v) is 4.63. The molecule has 0 saturated carbocycles. The van der Waals surface area contributed by atoms with Gasteiger partial charge >= 0.3 is 0 Å². The Morgan fingerprint density at radius 2 is 1.96 bits per heavy atom. The fraction of sp³-hybridized carbons (Fsp3) is 0.588. The highest BCUT2D eigenvalue weighted by Crippen LogP contribution is 2.17. The zero-order valence-electron chi connectivity index (χ0n) is 15.5. The van der Waals surface area contributed by atoms with Crippen LogP contribution in [0.3, 0.4) is 0 Å². The van der Waals surface area contributed by atoms with E-state index in [2.05, 4.69) is 15.6 Å². The van der Waals surface area contributed by atoms with E-state index in [9.17, 15) is 8.42 Å². The van der Waals surface area contributed by atoms with E-state index in [-0.39, 0.29) is 0 Å². The summed E-state index contributed by atoms with van der Waals surface area (Å²) in [6, 6.07) is 5.29. The molecule has 0 unspecified atom stereocenters. The maximum absolute atomic E-state index is 11.7. The van der Waals surface area contributed by atoms with Crippen LogP contribution in [0.2, 0.25) is 0 Å². The van der Waals surface area contributed by atoms with Gasteiger partial charge in [-0.2, -0.15) is 0 Å². The van der Waals surface area contributed by atoms with Gasteiger partial charge in [-0.25, -0.2) is 13.4 Å². The summed E-state index contributed by atoms with van der Waals surface area (Å²) in [7, 11) is -1.55. The van der Waals surface area contributed by atoms with E-state index in [0.29, 0.717) is 43.8 Å². The zero-order chi connectivity index (χ0) is 18.7. The Kier molecular flexibility index (Phi) is 9.48. The molecule has 0 radical (unpaired) electrons. The summed E-state index contributed by atoms with van der Waals surface area (Å²) in [5.74, 6) is 0.697. The SMILES string of the molecule is CCNC(=NCc1ccc(S(C)(=O)=O)c(C)c1)NCCOCCOC. The van der Waals surface area contributed by atoms with E-state index in [0.717, 1.165) is 17.7 Å². The Balaban J connectivity index is 2.60. The molecule has 0 saturated heterocycles. The second-order valence-electron chi connectivity index (χ2n) is 5.60. The van der Waals surface area contributed by atoms with E-state index in [1.165, 1.54) is 6.26 Å². The third-order valence-electron chi connectivity index (χ3n) is 3.37. The number of rotatable bonds is 10. The first-order chi connectivity index (χ1) is 11.9. The number of aliphatic imine (C=N–C) groups is 1. The number of methoxy groups -OCH3 is 1. The molecule has 2 N–H and O–H groups in total. The number of hydrogen-bond acceptors (Lipinski definition) is 5. The molecular formula is C17H29N3O4S. The average molecular weight is 372 g/mol. The second-order valence-corrected chi connectivity index (χ2v) is 7.58. The lowest BCUT2D eigenvalue weighted by Gasteiger charge is -2.12. The van der Waals surface area contributed by atoms with Crippen LogP contribution in [0, 0.1) is 6.92 Å². The topological polar surface area (TPSA) is 89.0 Å². The normalized spacial score (nSPS) is 12.2. The molecule has 0 aliphatic heterocycles. The number of benzene rings is 1. The van der Waals surface area contributed by atoms with Gasteiger partial charge in [0.1, 0.15) is 0 Å². The maximum atomic E-state index is 11.7. The molecule has 0 amide bonds. The van der Waals surface area contributed by atoms with Crippen molar-refractivity contribution in [3.8, 4) is 0 Å². The predicted molar refractivity (Wildman–Crippen MR) is 99.8 cm³/mol. The molecule has 142 valence electrons. The Bertz CT molecular complexity index is 660. The van der Waals surface area contributed by atoms with Crippen molar-refractivity contribution in [2.45, 2.75) is 25.3 Å². The minimum Gasteiger partial charge on any atom is -0.382 e. The summed E-state index contributed by atoms with van der Waals surface area (Å²) in [6.07, 6.45) is 1.22. The maximum Gasteiger partial charge on any atom is 0.191 e. The molecule has 1 aromatic rings. The predicted octanol–water partition coefficient (Wildman–Crippen LogP) is 1.12. The van der Waals surface area contributed by atoms with E-state index >= 15 is 0 Å². The molecule has 1 aromatic carbocycles. The molecule has 7 nitrogen and oxygen atoms in total. The fourth-order valence-electron chi connectivity index (χ4n) is 2.22. The summed E-state index contributed by atoms with van der Waals surface area (Å²) in [6.45, 7) is 7.36. The van der Waals surface area contributed by atoms with Crippen molar-refractivity contribution in [3.63, 3.8) is 0 Å². The van der Waals surface area contributed by atoms with Gasteiger partial charge in [0, 0.05) is 26.5 Å². The van der Waals surface area contributed by atoms with Gasteiger partial charge in [0.25, 0.3) is 0 Å². The highest BCUT2D eigenvalue weighted by molar-refractivity contribution is 7.90. The van der Waals surface area contributed by atoms with Crippen molar-refractivity contribution in [1.29, 1.82) is 0 Å². The van der Waals surface area contributed by atoms with Crippen LogP contribution in [0.5, 0.6) is 0 Å². The fourth-order valence-corrected chi connectivity index (χ4v) is 3.18. The van der Waals surface area contributed by atoms with Gasteiger partial charge in [0.15, 0.2) is 15.8 Å². The van der Waals surface area contributed by atoms with Gasteiger partial charge in [-0.15, -0.1) is 0 Å². The van der Waals surface area contributed by atoms with Crippen LogP contribution in [0.25, 0.3) is 0 Å². The lowest BCUT2D eigenvalue weighted by atomic mass is 10.1. The number of guanidine groups is 1. The molecule has 0 aliphatic rings. The molecule has 0 atom stereocenters. The number of aryl methyl sites for hydroxylation is 1. The highest BCUT2D eigenvalue weighted by atomic mass is 32.2. The lowest BCUT2D eigenvalue weighted by Crippen LogP contribution is -2.39. The quantitative estimate of drug-likeness (QED) is 0.364. The highest BCUT2D eigenvalue weighted by Gasteiger charge is 2.10. The van der Waals surface area contributed by atoms with Gasteiger partial charge in [-0.3, -0.25) is 0 Å². The Morgan fingerprint density at radius 1 is 1.20 bits per heavy atom. The summed E-state index contributed by atoms with van der Waals surface area (Å²) in [5, 5.41) is 6.36. The standard InChI is InChI=1S/C17H29N3O4S/c1-5-18-17(19-8-9-24-11-10-23-3)20-13-15-6-7-16(14(2)12-15)25(4,21)22/h6-7,12H,5,8-11,13H2,1-4H3,(H2,18,19,20). The van der Waals surface area contributed by atoms with Crippen LogP contribution in [-0.2, 0) is 25.9 Å². The van der Waals surface area contributed by atoms with Crippen molar-refractivity contribution in [2.24, 2.45) is 4.99 Å². The van der Waals surface area contributed by atoms with Gasteiger partial charge < -0.3 is 20.1 Å². The van der Waals surface area contributed by atoms with Gasteiger partial charge in [-0.1, -0.05) is 12.1 Å². The van der Waals surface area contributed by atoms with E-state index in [4.69, 9.17) is 9.47 Å². The van der Waals surface area contributed by atoms with Crippen LogP contribution in [0.4, 0.5) is 0 Å². The molecule has 0 bridgehead atoms. The number of hydrogen-bond donors (Lipinski definition) is 2. The number of sulfone groups is 1. The van der Waals surface area contributed by atoms with Crippen molar-refractivity contribution in [2.75, 3.05) is 46.3 Å². The summed E-state index contributed by atoms with van der Waals surface area (Å²) in [5.41, 5.74) is 1.69. The van der Waals surface area contributed by atoms with Crippen molar-refractivity contribution in [3.05, 3.63) is 29.3 Å². The van der Waals surface area contributed by atoms with Crippen molar-refractivity contribution >= 4 is 15.8 Å². The minimum absolute atomic E-state index is 0.360. The Hall–Kier alpha value is -1.64. The van der Waals surface area contributed by atoms with Crippen LogP contribution in [-0.4, -0.2) is 60.7 Å². The summed E-state index contributed by atoms with van der Waals surface area (Å²) >= 11 is 0. The van der Waals surface area contributed by atoms with E-state index in [1.54, 1.807) is 26.2 Å². The molecule has 0 fully saturated rings. The minimum atomic E-state index is -3.20. The van der Waals surface area contributed by atoms with Crippen LogP contribution in [0.1, 0.15) is 18.1 Å². The van der Waals surface area contributed by atoms with Crippen LogP contribution in [0.15, 0.2) is 28.1 Å². The molecule has 0 aromatic heterocycles. The smallest absolute Gasteiger partial charge is 0.191 e. The summed E-state index contributed by atoms with van der Waals surface area (Å²) < 4.78 is 33.6. The zero-order valence-corrected chi connectivity index (χ0v) is 16.3. The first kappa shape index (κ1) is 21.4. The summed E-state index contributed by atoms with van der Waals surface area (Å²) in [4.78, 5) is 4.88. The monoisotopic (exact) mass is 371 g/mol. The lowest BCUT2D eigenvalue weighted by molar-refractivity contribution is 0.0733. The van der Waals surface area contributed by atoms with Crippen molar-refractivity contribution in [1.82, 2.24) is 10.6 Å². The van der Waals surface area contributed by atoms with E-state index in [1.807, 2.05) is 13.0 Å². The number of nitrogens with one attached hydrogen (secondary N) is 2. The van der Waals surface area contributed by atoms with Gasteiger partial charge in [-0.05, 0) is 31.0 Å². The Labute approximate surface area is 150 Å². The molecule has 1 rings (SSSR count). The van der Waals surface area contributed by atoms with Crippen LogP contribution >= 0.6 is 0 Å². The second kappa shape index (κ2) is 11.1. The molecular weight excluding hydrogens is 342 g/mol. The van der Waals surface area contributed by atoms with Crippen molar-refractivity contribution < 1.29 is 17.9 Å². The first-order valence-corrected chi connectivity index (χ1v) is 10.2. The average Bonchev–Trinajstić information content (AvgIpc) is 2.54. The molecule has 8 heteroatoms. The first-order valence-electron chi connectivity index (χ1n) is 8.27. The third kappa shape index (κ3) is 8.33. The Morgan fingerprint density at radius 3 is 2.56 bits per heavy atom. The largest absolute Gasteiger partial charge is 0.382 e. The molecule has 0 aliphatic carbocycles. The number of nitrogens with zero attached hydrogens (tertiary/aromatic N) is 1. The molecule has 0 spiro atoms. The van der Waals surface area contributed by atoms with Gasteiger partial charge in [0.05, 0.1) is 31.3 Å². The van der Waals surface area contributed by atoms with E-state index < -0.39 is 9.84 Å². The van der Waals surface area contributed by atoms with Crippen LogP contribution < -0.4 is 10.6 Å². The molecule has 25 heavy (non-hydrogen) atoms. The molecule has 0 heterocycles. The number of ether oxygens (including phenoxy) is 2. The van der Waals surface area contributed by atoms with Gasteiger partial charge in [0.2, 0.25) is 0 Å².